The number of carbonyl (C=O) groups is 2. The van der Waals surface area contributed by atoms with E-state index in [1.807, 2.05) is 0 Å². The maximum atomic E-state index is 12.6. The average molecular weight is 615 g/mol. The zero-order chi connectivity index (χ0) is 31.3. The Morgan fingerprint density at radius 3 is 1.98 bits per heavy atom. The number of amides is 1. The minimum atomic E-state index is -4.34. The van der Waals surface area contributed by atoms with Gasteiger partial charge in [-0.2, -0.15) is 0 Å². The Morgan fingerprint density at radius 2 is 1.40 bits per heavy atom. The Balaban J connectivity index is 1.66. The van der Waals surface area contributed by atoms with Crippen molar-refractivity contribution in [2.75, 3.05) is 11.9 Å². The number of hydrogen-bond acceptors (Lipinski definition) is 5. The Bertz CT molecular complexity index is 1140. The molecule has 43 heavy (non-hydrogen) atoms. The maximum Gasteiger partial charge on any atom is 0.343 e. The fraction of sp³-hybridized carbons (Fsp3) is 0.529. The van der Waals surface area contributed by atoms with Crippen LogP contribution in [0.3, 0.4) is 0 Å². The van der Waals surface area contributed by atoms with E-state index in [4.69, 9.17) is 10.5 Å². The zero-order valence-electron chi connectivity index (χ0n) is 25.7. The summed E-state index contributed by atoms with van der Waals surface area (Å²) in [6.45, 7) is 2.24. The van der Waals surface area contributed by atoms with Crippen LogP contribution in [0.1, 0.15) is 113 Å². The number of carbonyl (C=O) groups excluding carboxylic acids is 2. The van der Waals surface area contributed by atoms with Crippen LogP contribution < -0.4 is 15.8 Å². The first kappa shape index (κ1) is 36.3. The van der Waals surface area contributed by atoms with Crippen molar-refractivity contribution in [3.05, 3.63) is 71.8 Å². The molecule has 0 spiro atoms. The first-order valence-electron chi connectivity index (χ1n) is 15.8. The van der Waals surface area contributed by atoms with Gasteiger partial charge in [-0.15, -0.1) is 0 Å². The molecule has 5 N–H and O–H groups in total. The van der Waals surface area contributed by atoms with Gasteiger partial charge in [0.2, 0.25) is 5.91 Å². The van der Waals surface area contributed by atoms with Crippen LogP contribution in [0.4, 0.5) is 5.69 Å². The highest BCUT2D eigenvalue weighted by molar-refractivity contribution is 7.51. The van der Waals surface area contributed by atoms with Crippen molar-refractivity contribution in [2.24, 2.45) is 0 Å². The van der Waals surface area contributed by atoms with E-state index >= 15 is 0 Å². The predicted octanol–water partition coefficient (Wildman–Crippen LogP) is 7.73. The average Bonchev–Trinajstić information content (AvgIpc) is 2.95. The molecule has 1 atom stereocenters. The Labute approximate surface area is 257 Å². The molecule has 0 aliphatic carbocycles. The summed E-state index contributed by atoms with van der Waals surface area (Å²) in [5.41, 5.74) is 7.32. The van der Waals surface area contributed by atoms with Gasteiger partial charge in [-0.25, -0.2) is 4.79 Å². The van der Waals surface area contributed by atoms with Gasteiger partial charge in [0.1, 0.15) is 5.75 Å². The molecule has 0 fully saturated rings. The number of nitrogens with one attached hydrogen (secondary N) is 1. The number of rotatable bonds is 22. The van der Waals surface area contributed by atoms with Crippen molar-refractivity contribution in [3.63, 3.8) is 0 Å². The minimum Gasteiger partial charge on any atom is -0.423 e. The fourth-order valence-electron chi connectivity index (χ4n) is 4.87. The van der Waals surface area contributed by atoms with Crippen LogP contribution in [0.15, 0.2) is 60.7 Å². The molecular weight excluding hydrogens is 563 g/mol. The molecule has 2 rings (SSSR count). The van der Waals surface area contributed by atoms with Gasteiger partial charge < -0.3 is 25.6 Å². The Morgan fingerprint density at radius 1 is 0.837 bits per heavy atom. The highest BCUT2D eigenvalue weighted by atomic mass is 31.2. The molecule has 0 saturated heterocycles. The molecule has 0 saturated carbocycles. The molecule has 2 aromatic carbocycles. The highest BCUT2D eigenvalue weighted by Gasteiger charge is 2.23. The molecule has 1 amide bonds. The summed E-state index contributed by atoms with van der Waals surface area (Å²) in [6.07, 6.45) is 20.0. The predicted molar refractivity (Wildman–Crippen MR) is 174 cm³/mol. The van der Waals surface area contributed by atoms with Gasteiger partial charge in [0.05, 0.1) is 11.7 Å². The minimum absolute atomic E-state index is 0.204. The molecule has 0 aliphatic rings. The molecule has 9 heteroatoms. The summed E-state index contributed by atoms with van der Waals surface area (Å²) in [5.74, 6) is -0.384. The molecule has 0 heterocycles. The van der Waals surface area contributed by atoms with Crippen molar-refractivity contribution in [2.45, 2.75) is 109 Å². The quantitative estimate of drug-likeness (QED) is 0.0266. The zero-order valence-corrected chi connectivity index (χ0v) is 26.6. The lowest BCUT2D eigenvalue weighted by Crippen LogP contribution is -2.39. The molecule has 0 unspecified atom stereocenters. The van der Waals surface area contributed by atoms with E-state index in [0.717, 1.165) is 44.1 Å². The smallest absolute Gasteiger partial charge is 0.343 e. The molecule has 0 aliphatic heterocycles. The molecule has 0 aromatic heterocycles. The number of ether oxygens (including phenoxy) is 1. The summed E-state index contributed by atoms with van der Waals surface area (Å²) in [4.78, 5) is 44.0. The number of hydrogen-bond donors (Lipinski definition) is 4. The van der Waals surface area contributed by atoms with Crippen molar-refractivity contribution < 1.29 is 28.7 Å². The van der Waals surface area contributed by atoms with Crippen LogP contribution in [0.5, 0.6) is 5.75 Å². The van der Waals surface area contributed by atoms with Crippen molar-refractivity contribution in [3.8, 4) is 5.75 Å². The number of nitrogen functional groups attached to an aromatic ring is 1. The van der Waals surface area contributed by atoms with E-state index in [-0.39, 0.29) is 12.3 Å². The first-order valence-corrected chi connectivity index (χ1v) is 17.6. The second-order valence-electron chi connectivity index (χ2n) is 11.3. The number of allylic oxidation sites excluding steroid dienone is 2. The number of benzene rings is 2. The van der Waals surface area contributed by atoms with Gasteiger partial charge in [-0.05, 0) is 80.5 Å². The van der Waals surface area contributed by atoms with Crippen LogP contribution in [0, 0.1) is 0 Å². The first-order chi connectivity index (χ1) is 20.7. The lowest BCUT2D eigenvalue weighted by Gasteiger charge is -2.20. The SMILES string of the molecule is CCCCCCCCC=CCCCCCCCC(=O)N[C@@H](Cc1ccc(OC(=O)c2ccc(N)cc2)cc1)CP(=O)(O)O. The molecule has 0 bridgehead atoms. The molecule has 238 valence electrons. The van der Waals surface area contributed by atoms with Gasteiger partial charge in [-0.1, -0.05) is 82.6 Å². The summed E-state index contributed by atoms with van der Waals surface area (Å²) in [6, 6.07) is 12.4. The lowest BCUT2D eigenvalue weighted by molar-refractivity contribution is -0.121. The van der Waals surface area contributed by atoms with Crippen LogP contribution >= 0.6 is 7.60 Å². The third-order valence-electron chi connectivity index (χ3n) is 7.25. The third kappa shape index (κ3) is 17.7. The number of nitrogens with two attached hydrogens (primary N) is 1. The van der Waals surface area contributed by atoms with E-state index in [9.17, 15) is 23.9 Å². The van der Waals surface area contributed by atoms with Crippen molar-refractivity contribution >= 4 is 25.2 Å². The Hall–Kier alpha value is -2.93. The van der Waals surface area contributed by atoms with Crippen LogP contribution in [0.2, 0.25) is 0 Å². The van der Waals surface area contributed by atoms with Crippen LogP contribution in [-0.2, 0) is 15.8 Å². The summed E-state index contributed by atoms with van der Waals surface area (Å²) in [7, 11) is -4.34. The van der Waals surface area contributed by atoms with E-state index in [2.05, 4.69) is 24.4 Å². The van der Waals surface area contributed by atoms with Crippen molar-refractivity contribution in [1.82, 2.24) is 5.32 Å². The van der Waals surface area contributed by atoms with E-state index < -0.39 is 25.8 Å². The third-order valence-corrected chi connectivity index (χ3v) is 8.17. The fourth-order valence-corrected chi connectivity index (χ4v) is 5.66. The van der Waals surface area contributed by atoms with E-state index in [0.29, 0.717) is 23.4 Å². The van der Waals surface area contributed by atoms with Crippen molar-refractivity contribution in [1.29, 1.82) is 0 Å². The summed E-state index contributed by atoms with van der Waals surface area (Å²) in [5, 5.41) is 2.81. The molecule has 2 aromatic rings. The number of esters is 1. The number of unbranched alkanes of at least 4 members (excludes halogenated alkanes) is 11. The topological polar surface area (TPSA) is 139 Å². The van der Waals surface area contributed by atoms with Crippen LogP contribution in [-0.4, -0.2) is 33.9 Å². The van der Waals surface area contributed by atoms with Gasteiger partial charge in [0.15, 0.2) is 0 Å². The Kier molecular flexibility index (Phi) is 17.6. The van der Waals surface area contributed by atoms with E-state index in [1.165, 1.54) is 44.9 Å². The van der Waals surface area contributed by atoms with Gasteiger partial charge >= 0.3 is 13.6 Å². The monoisotopic (exact) mass is 614 g/mol. The molecular formula is C34H51N2O6P. The molecule has 8 nitrogen and oxygen atoms in total. The molecule has 0 radical (unpaired) electrons. The van der Waals surface area contributed by atoms with Crippen LogP contribution in [0.25, 0.3) is 0 Å². The van der Waals surface area contributed by atoms with Gasteiger partial charge in [0, 0.05) is 18.2 Å². The summed E-state index contributed by atoms with van der Waals surface area (Å²) >= 11 is 0. The van der Waals surface area contributed by atoms with Gasteiger partial charge in [0.25, 0.3) is 0 Å². The van der Waals surface area contributed by atoms with Gasteiger partial charge in [-0.3, -0.25) is 9.36 Å². The largest absolute Gasteiger partial charge is 0.423 e. The number of anilines is 1. The normalized spacial score (nSPS) is 12.3. The lowest BCUT2D eigenvalue weighted by atomic mass is 10.1. The summed E-state index contributed by atoms with van der Waals surface area (Å²) < 4.78 is 17.1. The second kappa shape index (κ2) is 20.9. The highest BCUT2D eigenvalue weighted by Crippen LogP contribution is 2.35. The standard InChI is InChI=1S/C34H51N2O6P/c1-2-3-4-5-6-7-8-9-10-11-12-13-14-15-16-17-33(37)36-31(27-43(39,40)41)26-28-18-24-32(25-19-28)42-34(38)29-20-22-30(35)23-21-29/h9-10,18-25,31H,2-8,11-17,26-27,35H2,1H3,(H,36,37)(H2,39,40,41)/t31-/m0/s1. The maximum absolute atomic E-state index is 12.6. The second-order valence-corrected chi connectivity index (χ2v) is 13.0. The van der Waals surface area contributed by atoms with E-state index in [1.54, 1.807) is 48.5 Å².